The number of ether oxygens (including phenoxy) is 1. The number of benzene rings is 1. The molecular formula is C14H15Cl2N3O2. The number of amides is 1. The first-order valence-electron chi connectivity index (χ1n) is 5.93. The fraction of sp³-hybridized carbons (Fsp3) is 0.214. The van der Waals surface area contributed by atoms with E-state index >= 15 is 0 Å². The monoisotopic (exact) mass is 327 g/mol. The van der Waals surface area contributed by atoms with Crippen LogP contribution in [0.1, 0.15) is 5.56 Å². The molecule has 7 heteroatoms. The highest BCUT2D eigenvalue weighted by atomic mass is 35.5. The van der Waals surface area contributed by atoms with Crippen LogP contribution in [0.25, 0.3) is 0 Å². The van der Waals surface area contributed by atoms with Crippen molar-refractivity contribution in [1.82, 2.24) is 5.32 Å². The lowest BCUT2D eigenvalue weighted by Gasteiger charge is -2.09. The average molecular weight is 328 g/mol. The van der Waals surface area contributed by atoms with Crippen molar-refractivity contribution in [3.63, 3.8) is 0 Å². The van der Waals surface area contributed by atoms with Crippen molar-refractivity contribution in [2.75, 3.05) is 14.2 Å². The van der Waals surface area contributed by atoms with Crippen LogP contribution in [-0.4, -0.2) is 32.6 Å². The summed E-state index contributed by atoms with van der Waals surface area (Å²) in [4.78, 5) is 19.4. The number of nitrogens with zero attached hydrogens (tertiary/aromatic N) is 2. The van der Waals surface area contributed by atoms with Crippen LogP contribution in [0.5, 0.6) is 5.75 Å². The molecule has 1 rings (SSSR count). The van der Waals surface area contributed by atoms with Gasteiger partial charge in [0.25, 0.3) is 0 Å². The van der Waals surface area contributed by atoms with Crippen LogP contribution in [0.2, 0.25) is 5.02 Å². The number of carbonyl (C=O) groups excluding carboxylic acids is 1. The van der Waals surface area contributed by atoms with E-state index in [2.05, 4.69) is 22.0 Å². The third-order valence-electron chi connectivity index (χ3n) is 2.51. The molecule has 0 bridgehead atoms. The third kappa shape index (κ3) is 5.57. The summed E-state index contributed by atoms with van der Waals surface area (Å²) in [7, 11) is 3.06. The molecule has 0 unspecified atom stereocenters. The lowest BCUT2D eigenvalue weighted by atomic mass is 10.1. The molecule has 21 heavy (non-hydrogen) atoms. The highest BCUT2D eigenvalue weighted by molar-refractivity contribution is 6.31. The van der Waals surface area contributed by atoms with E-state index < -0.39 is 0 Å². The molecule has 112 valence electrons. The van der Waals surface area contributed by atoms with Crippen molar-refractivity contribution in [2.45, 2.75) is 6.42 Å². The van der Waals surface area contributed by atoms with Gasteiger partial charge in [0.2, 0.25) is 5.91 Å². The Morgan fingerprint density at radius 1 is 1.52 bits per heavy atom. The zero-order valence-electron chi connectivity index (χ0n) is 11.7. The molecule has 0 saturated heterocycles. The Balaban J connectivity index is 2.82. The van der Waals surface area contributed by atoms with Crippen molar-refractivity contribution < 1.29 is 9.53 Å². The van der Waals surface area contributed by atoms with E-state index in [9.17, 15) is 4.79 Å². The molecule has 1 aromatic rings. The minimum atomic E-state index is -0.277. The molecular weight excluding hydrogens is 313 g/mol. The van der Waals surface area contributed by atoms with Crippen LogP contribution in [0, 0.1) is 0 Å². The van der Waals surface area contributed by atoms with Gasteiger partial charge in [-0.15, -0.1) is 0 Å². The average Bonchev–Trinajstić information content (AvgIpc) is 2.46. The number of hydrogen-bond donors (Lipinski definition) is 1. The van der Waals surface area contributed by atoms with Gasteiger partial charge in [-0.25, -0.2) is 0 Å². The van der Waals surface area contributed by atoms with Gasteiger partial charge in [-0.3, -0.25) is 14.8 Å². The molecule has 1 amide bonds. The largest absolute Gasteiger partial charge is 0.496 e. The number of aliphatic imine (C=N–C) groups is 2. The van der Waals surface area contributed by atoms with Gasteiger partial charge in [0, 0.05) is 23.7 Å². The van der Waals surface area contributed by atoms with Crippen molar-refractivity contribution in [2.24, 2.45) is 9.98 Å². The number of carbonyl (C=O) groups is 1. The van der Waals surface area contributed by atoms with Crippen LogP contribution in [0.4, 0.5) is 0 Å². The van der Waals surface area contributed by atoms with Gasteiger partial charge in [0.05, 0.1) is 13.5 Å². The second kappa shape index (κ2) is 8.44. The quantitative estimate of drug-likeness (QED) is 0.513. The zero-order valence-corrected chi connectivity index (χ0v) is 13.2. The fourth-order valence-electron chi connectivity index (χ4n) is 1.56. The van der Waals surface area contributed by atoms with Gasteiger partial charge in [-0.2, -0.15) is 0 Å². The molecule has 0 aliphatic heterocycles. The van der Waals surface area contributed by atoms with Crippen LogP contribution >= 0.6 is 23.2 Å². The van der Waals surface area contributed by atoms with Gasteiger partial charge in [-0.05, 0) is 24.9 Å². The number of hydrogen-bond acceptors (Lipinski definition) is 4. The van der Waals surface area contributed by atoms with Crippen molar-refractivity contribution >= 4 is 41.7 Å². The summed E-state index contributed by atoms with van der Waals surface area (Å²) in [5.41, 5.74) is 0.676. The minimum absolute atomic E-state index is 0.0930. The molecule has 0 aliphatic rings. The van der Waals surface area contributed by atoms with Crippen LogP contribution in [0.3, 0.4) is 0 Å². The molecule has 5 nitrogen and oxygen atoms in total. The van der Waals surface area contributed by atoms with E-state index in [1.807, 2.05) is 0 Å². The number of nitrogens with one attached hydrogen (secondary N) is 1. The molecule has 0 saturated carbocycles. The van der Waals surface area contributed by atoms with Gasteiger partial charge in [0.1, 0.15) is 16.7 Å². The first-order chi connectivity index (χ1) is 9.99. The Morgan fingerprint density at radius 2 is 2.24 bits per heavy atom. The summed E-state index contributed by atoms with van der Waals surface area (Å²) >= 11 is 11.6. The Morgan fingerprint density at radius 3 is 2.81 bits per heavy atom. The minimum Gasteiger partial charge on any atom is -0.496 e. The molecule has 0 spiro atoms. The molecule has 0 aromatic heterocycles. The number of halogens is 2. The Kier molecular flexibility index (Phi) is 6.91. The van der Waals surface area contributed by atoms with E-state index in [0.29, 0.717) is 22.2 Å². The SMILES string of the molecule is C=N/C(Cl)=C\C(=N/C)NC(=O)Cc1cc(Cl)ccc1OC. The zero-order chi connectivity index (χ0) is 15.8. The summed E-state index contributed by atoms with van der Waals surface area (Å²) in [5.74, 6) is 0.602. The fourth-order valence-corrected chi connectivity index (χ4v) is 1.86. The van der Waals surface area contributed by atoms with E-state index in [0.717, 1.165) is 0 Å². The molecule has 0 fully saturated rings. The van der Waals surface area contributed by atoms with Crippen LogP contribution < -0.4 is 10.1 Å². The lowest BCUT2D eigenvalue weighted by Crippen LogP contribution is -2.30. The summed E-state index contributed by atoms with van der Waals surface area (Å²) in [6, 6.07) is 5.08. The maximum absolute atomic E-state index is 12.0. The molecule has 1 aromatic carbocycles. The van der Waals surface area contributed by atoms with Crippen molar-refractivity contribution in [1.29, 1.82) is 0 Å². The lowest BCUT2D eigenvalue weighted by molar-refractivity contribution is -0.119. The van der Waals surface area contributed by atoms with Crippen LogP contribution in [-0.2, 0) is 11.2 Å². The molecule has 0 radical (unpaired) electrons. The topological polar surface area (TPSA) is 63.0 Å². The Bertz CT molecular complexity index is 598. The van der Waals surface area contributed by atoms with E-state index in [-0.39, 0.29) is 17.5 Å². The van der Waals surface area contributed by atoms with Crippen molar-refractivity contribution in [3.8, 4) is 5.75 Å². The Hall–Kier alpha value is -1.85. The first kappa shape index (κ1) is 17.2. The van der Waals surface area contributed by atoms with Gasteiger partial charge in [-0.1, -0.05) is 23.2 Å². The summed E-state index contributed by atoms with van der Waals surface area (Å²) in [6.07, 6.45) is 1.50. The predicted octanol–water partition coefficient (Wildman–Crippen LogP) is 2.82. The number of methoxy groups -OCH3 is 1. The standard InChI is InChI=1S/C14H15Cl2N3O2/c1-17-12(16)8-13(18-2)19-14(20)7-9-6-10(15)4-5-11(9)21-3/h4-6,8H,1,7H2,2-3H3,(H,18,19,20)/b12-8-. The summed E-state index contributed by atoms with van der Waals surface area (Å²) in [5, 5.41) is 3.28. The second-order valence-electron chi connectivity index (χ2n) is 3.92. The van der Waals surface area contributed by atoms with Gasteiger partial charge < -0.3 is 10.1 Å². The first-order valence-corrected chi connectivity index (χ1v) is 6.68. The Labute approximate surface area is 133 Å². The molecule has 0 atom stereocenters. The molecule has 0 heterocycles. The van der Waals surface area contributed by atoms with Gasteiger partial charge >= 0.3 is 0 Å². The number of amidine groups is 1. The number of rotatable bonds is 5. The smallest absolute Gasteiger partial charge is 0.230 e. The van der Waals surface area contributed by atoms with Gasteiger partial charge in [0.15, 0.2) is 0 Å². The second-order valence-corrected chi connectivity index (χ2v) is 4.74. The third-order valence-corrected chi connectivity index (χ3v) is 2.97. The molecule has 0 aliphatic carbocycles. The van der Waals surface area contributed by atoms with E-state index in [1.165, 1.54) is 20.2 Å². The predicted molar refractivity (Wildman–Crippen MR) is 86.7 cm³/mol. The summed E-state index contributed by atoms with van der Waals surface area (Å²) < 4.78 is 5.19. The van der Waals surface area contributed by atoms with E-state index in [4.69, 9.17) is 27.9 Å². The maximum Gasteiger partial charge on any atom is 0.230 e. The normalized spacial score (nSPS) is 12.0. The van der Waals surface area contributed by atoms with Crippen LogP contribution in [0.15, 0.2) is 39.4 Å². The maximum atomic E-state index is 12.0. The van der Waals surface area contributed by atoms with E-state index in [1.54, 1.807) is 18.2 Å². The molecule has 1 N–H and O–H groups in total. The van der Waals surface area contributed by atoms with Crippen molar-refractivity contribution in [3.05, 3.63) is 40.0 Å². The summed E-state index contributed by atoms with van der Waals surface area (Å²) in [6.45, 7) is 3.28. The highest BCUT2D eigenvalue weighted by Crippen LogP contribution is 2.22. The highest BCUT2D eigenvalue weighted by Gasteiger charge is 2.11.